The summed E-state index contributed by atoms with van der Waals surface area (Å²) in [6.45, 7) is 1.93. The molecule has 10 heteroatoms. The van der Waals surface area contributed by atoms with Gasteiger partial charge in [0.25, 0.3) is 10.0 Å². The van der Waals surface area contributed by atoms with Gasteiger partial charge in [-0.25, -0.2) is 17.9 Å². The third-order valence-corrected chi connectivity index (χ3v) is 8.72. The zero-order valence-corrected chi connectivity index (χ0v) is 23.5. The van der Waals surface area contributed by atoms with Crippen LogP contribution in [0.5, 0.6) is 0 Å². The van der Waals surface area contributed by atoms with E-state index in [1.165, 1.54) is 12.1 Å². The standard InChI is InChI=1S/C29H29N5O3S2/c1-20-6-10-22(11-7-20)30-29(35)32-39(36,37)25-16-14-24(15-17-25)34-27(19-26(31-34)28-5-4-18-38-28)21-8-12-23(13-9-21)33(2)3/h4-18,27H,19H2,1-3H3,(H2,30,32,35). The van der Waals surface area contributed by atoms with Crippen molar-refractivity contribution in [3.05, 3.63) is 106 Å². The minimum Gasteiger partial charge on any atom is -0.378 e. The first kappa shape index (κ1) is 26.5. The lowest BCUT2D eigenvalue weighted by Crippen LogP contribution is -2.34. The average Bonchev–Trinajstić information content (AvgIpc) is 3.60. The molecule has 1 atom stereocenters. The number of benzene rings is 3. The molecule has 0 fully saturated rings. The first-order valence-electron chi connectivity index (χ1n) is 12.4. The highest BCUT2D eigenvalue weighted by Gasteiger charge is 2.31. The van der Waals surface area contributed by atoms with Gasteiger partial charge in [0.15, 0.2) is 0 Å². The van der Waals surface area contributed by atoms with Gasteiger partial charge in [-0.1, -0.05) is 35.9 Å². The molecular formula is C29H29N5O3S2. The molecule has 4 aromatic rings. The topological polar surface area (TPSA) is 94.1 Å². The summed E-state index contributed by atoms with van der Waals surface area (Å²) in [4.78, 5) is 15.5. The first-order chi connectivity index (χ1) is 18.7. The number of anilines is 3. The van der Waals surface area contributed by atoms with Crippen molar-refractivity contribution in [1.29, 1.82) is 0 Å². The maximum Gasteiger partial charge on any atom is 0.333 e. The maximum atomic E-state index is 12.9. The second-order valence-corrected chi connectivity index (χ2v) is 12.1. The van der Waals surface area contributed by atoms with Gasteiger partial charge in [-0.2, -0.15) is 5.10 Å². The number of carbonyl (C=O) groups is 1. The minimum atomic E-state index is -4.07. The molecule has 1 aromatic heterocycles. The van der Waals surface area contributed by atoms with Gasteiger partial charge in [0.2, 0.25) is 0 Å². The molecule has 0 bridgehead atoms. The molecule has 0 spiro atoms. The molecule has 200 valence electrons. The van der Waals surface area contributed by atoms with Crippen LogP contribution in [0.2, 0.25) is 0 Å². The summed E-state index contributed by atoms with van der Waals surface area (Å²) in [5, 5.41) is 11.4. The van der Waals surface area contributed by atoms with Crippen LogP contribution in [0.3, 0.4) is 0 Å². The van der Waals surface area contributed by atoms with Crippen molar-refractivity contribution in [2.45, 2.75) is 24.3 Å². The number of thiophene rings is 1. The fourth-order valence-corrected chi connectivity index (χ4v) is 5.98. The maximum absolute atomic E-state index is 12.9. The Hall–Kier alpha value is -4.15. The Morgan fingerprint density at radius 2 is 1.67 bits per heavy atom. The Bertz CT molecular complexity index is 1580. The van der Waals surface area contributed by atoms with Gasteiger partial charge in [-0.3, -0.25) is 5.01 Å². The molecule has 1 unspecified atom stereocenters. The Balaban J connectivity index is 1.37. The normalized spacial score (nSPS) is 15.1. The molecule has 0 saturated carbocycles. The van der Waals surface area contributed by atoms with E-state index < -0.39 is 16.1 Å². The van der Waals surface area contributed by atoms with Crippen LogP contribution < -0.4 is 19.9 Å². The minimum absolute atomic E-state index is 0.0150. The summed E-state index contributed by atoms with van der Waals surface area (Å²) >= 11 is 1.64. The quantitative estimate of drug-likeness (QED) is 0.290. The Morgan fingerprint density at radius 3 is 2.28 bits per heavy atom. The molecule has 2 heterocycles. The molecule has 0 radical (unpaired) electrons. The van der Waals surface area contributed by atoms with Crippen molar-refractivity contribution < 1.29 is 13.2 Å². The van der Waals surface area contributed by atoms with E-state index >= 15 is 0 Å². The lowest BCUT2D eigenvalue weighted by molar-refractivity contribution is 0.256. The number of nitrogens with zero attached hydrogens (tertiary/aromatic N) is 3. The Labute approximate surface area is 232 Å². The molecule has 5 rings (SSSR count). The molecule has 1 aliphatic heterocycles. The predicted octanol–water partition coefficient (Wildman–Crippen LogP) is 5.99. The molecule has 2 N–H and O–H groups in total. The van der Waals surface area contributed by atoms with Crippen molar-refractivity contribution in [3.8, 4) is 0 Å². The van der Waals surface area contributed by atoms with Crippen LogP contribution in [0.1, 0.15) is 28.5 Å². The number of aryl methyl sites for hydroxylation is 1. The predicted molar refractivity (Wildman–Crippen MR) is 158 cm³/mol. The Morgan fingerprint density at radius 1 is 0.974 bits per heavy atom. The lowest BCUT2D eigenvalue weighted by atomic mass is 10.0. The smallest absolute Gasteiger partial charge is 0.333 e. The van der Waals surface area contributed by atoms with Gasteiger partial charge in [0.1, 0.15) is 0 Å². The van der Waals surface area contributed by atoms with E-state index in [2.05, 4.69) is 45.3 Å². The summed E-state index contributed by atoms with van der Waals surface area (Å²) in [6.07, 6.45) is 0.725. The van der Waals surface area contributed by atoms with Crippen LogP contribution in [-0.4, -0.2) is 34.3 Å². The average molecular weight is 560 g/mol. The van der Waals surface area contributed by atoms with E-state index in [0.717, 1.165) is 39.5 Å². The summed E-state index contributed by atoms with van der Waals surface area (Å²) in [5.41, 5.74) is 5.50. The number of hydrogen-bond donors (Lipinski definition) is 2. The van der Waals surface area contributed by atoms with Crippen molar-refractivity contribution in [2.24, 2.45) is 5.10 Å². The van der Waals surface area contributed by atoms with E-state index in [0.29, 0.717) is 5.69 Å². The lowest BCUT2D eigenvalue weighted by Gasteiger charge is -2.25. The monoisotopic (exact) mass is 559 g/mol. The van der Waals surface area contributed by atoms with Crippen molar-refractivity contribution in [2.75, 3.05) is 29.3 Å². The highest BCUT2D eigenvalue weighted by Crippen LogP contribution is 2.38. The van der Waals surface area contributed by atoms with Crippen molar-refractivity contribution in [3.63, 3.8) is 0 Å². The summed E-state index contributed by atoms with van der Waals surface area (Å²) < 4.78 is 27.8. The Kier molecular flexibility index (Phi) is 7.40. The number of sulfonamides is 1. The van der Waals surface area contributed by atoms with Crippen LogP contribution in [0.25, 0.3) is 0 Å². The van der Waals surface area contributed by atoms with Gasteiger partial charge in [0.05, 0.1) is 27.2 Å². The molecule has 0 saturated heterocycles. The number of urea groups is 1. The molecule has 0 aliphatic carbocycles. The fourth-order valence-electron chi connectivity index (χ4n) is 4.35. The van der Waals surface area contributed by atoms with Crippen molar-refractivity contribution >= 4 is 50.2 Å². The van der Waals surface area contributed by atoms with E-state index in [1.807, 2.05) is 49.6 Å². The largest absolute Gasteiger partial charge is 0.378 e. The molecule has 39 heavy (non-hydrogen) atoms. The van der Waals surface area contributed by atoms with E-state index in [-0.39, 0.29) is 10.9 Å². The molecule has 1 aliphatic rings. The van der Waals surface area contributed by atoms with Crippen LogP contribution >= 0.6 is 11.3 Å². The highest BCUT2D eigenvalue weighted by atomic mass is 32.2. The van der Waals surface area contributed by atoms with E-state index in [1.54, 1.807) is 35.6 Å². The first-order valence-corrected chi connectivity index (χ1v) is 14.7. The highest BCUT2D eigenvalue weighted by molar-refractivity contribution is 7.90. The van der Waals surface area contributed by atoms with Gasteiger partial charge in [0, 0.05) is 31.9 Å². The number of hydrazone groups is 1. The summed E-state index contributed by atoms with van der Waals surface area (Å²) in [5.74, 6) is 0. The number of rotatable bonds is 7. The number of carbonyl (C=O) groups excluding carboxylic acids is 1. The van der Waals surface area contributed by atoms with Crippen LogP contribution in [0, 0.1) is 6.92 Å². The number of hydrogen-bond acceptors (Lipinski definition) is 7. The molecule has 2 amide bonds. The zero-order valence-electron chi connectivity index (χ0n) is 21.8. The second kappa shape index (κ2) is 10.9. The SMILES string of the molecule is Cc1ccc(NC(=O)NS(=O)(=O)c2ccc(N3N=C(c4cccs4)CC3c3ccc(N(C)C)cc3)cc2)cc1. The van der Waals surface area contributed by atoms with E-state index in [4.69, 9.17) is 5.10 Å². The zero-order chi connectivity index (χ0) is 27.6. The summed E-state index contributed by atoms with van der Waals surface area (Å²) in [6, 6.07) is 25.1. The number of amides is 2. The summed E-state index contributed by atoms with van der Waals surface area (Å²) in [7, 11) is -0.0614. The van der Waals surface area contributed by atoms with Gasteiger partial charge in [-0.15, -0.1) is 11.3 Å². The van der Waals surface area contributed by atoms with Crippen LogP contribution in [-0.2, 0) is 10.0 Å². The molecule has 3 aromatic carbocycles. The van der Waals surface area contributed by atoms with Gasteiger partial charge >= 0.3 is 6.03 Å². The van der Waals surface area contributed by atoms with Crippen molar-refractivity contribution in [1.82, 2.24) is 4.72 Å². The van der Waals surface area contributed by atoms with E-state index in [9.17, 15) is 13.2 Å². The van der Waals surface area contributed by atoms with Crippen LogP contribution in [0.15, 0.2) is 100 Å². The van der Waals surface area contributed by atoms with Gasteiger partial charge < -0.3 is 10.2 Å². The third kappa shape index (κ3) is 5.97. The second-order valence-electron chi connectivity index (χ2n) is 9.49. The fraction of sp³-hybridized carbons (Fsp3) is 0.172. The molecular weight excluding hydrogens is 530 g/mol. The van der Waals surface area contributed by atoms with Crippen LogP contribution in [0.4, 0.5) is 21.9 Å². The van der Waals surface area contributed by atoms with Gasteiger partial charge in [-0.05, 0) is 72.5 Å². The third-order valence-electron chi connectivity index (χ3n) is 6.46. The number of nitrogens with one attached hydrogen (secondary N) is 2. The molecule has 8 nitrogen and oxygen atoms in total.